The molecule has 0 saturated heterocycles. The molecule has 1 aromatic carbocycles. The third-order valence-corrected chi connectivity index (χ3v) is 4.43. The van der Waals surface area contributed by atoms with Crippen LogP contribution in [0.2, 0.25) is 0 Å². The van der Waals surface area contributed by atoms with E-state index in [1.165, 1.54) is 11.3 Å². The van der Waals surface area contributed by atoms with Crippen LogP contribution in [0.15, 0.2) is 23.6 Å². The van der Waals surface area contributed by atoms with Crippen molar-refractivity contribution in [3.63, 3.8) is 0 Å². The van der Waals surface area contributed by atoms with Gasteiger partial charge >= 0.3 is 0 Å². The van der Waals surface area contributed by atoms with Crippen molar-refractivity contribution in [2.24, 2.45) is 5.73 Å². The quantitative estimate of drug-likeness (QED) is 0.784. The van der Waals surface area contributed by atoms with E-state index in [1.54, 1.807) is 5.38 Å². The van der Waals surface area contributed by atoms with Crippen LogP contribution in [0, 0.1) is 0 Å². The molecule has 23 heavy (non-hydrogen) atoms. The third kappa shape index (κ3) is 3.69. The number of anilines is 1. The number of nitrogens with zero attached hydrogens (tertiary/aromatic N) is 1. The van der Waals surface area contributed by atoms with Gasteiger partial charge in [-0.2, -0.15) is 0 Å². The molecule has 0 saturated carbocycles. The summed E-state index contributed by atoms with van der Waals surface area (Å²) in [4.78, 5) is 27.7. The van der Waals surface area contributed by atoms with Crippen molar-refractivity contribution in [1.29, 1.82) is 0 Å². The van der Waals surface area contributed by atoms with Crippen molar-refractivity contribution < 1.29 is 9.59 Å². The van der Waals surface area contributed by atoms with Crippen LogP contribution in [0.25, 0.3) is 0 Å². The summed E-state index contributed by atoms with van der Waals surface area (Å²) in [6.45, 7) is 2.24. The molecule has 2 amide bonds. The summed E-state index contributed by atoms with van der Waals surface area (Å²) in [5, 5.41) is 8.14. The number of rotatable bonds is 4. The average Bonchev–Trinajstić information content (AvgIpc) is 3.11. The van der Waals surface area contributed by atoms with Gasteiger partial charge in [0, 0.05) is 17.6 Å². The fourth-order valence-electron chi connectivity index (χ4n) is 2.38. The summed E-state index contributed by atoms with van der Waals surface area (Å²) in [7, 11) is 0. The number of aromatic nitrogens is 1. The van der Waals surface area contributed by atoms with Crippen LogP contribution in [0.5, 0.6) is 0 Å². The molecule has 1 aromatic heterocycles. The molecule has 0 bridgehead atoms. The Kier molecular flexibility index (Phi) is 5.35. The van der Waals surface area contributed by atoms with Gasteiger partial charge in [-0.25, -0.2) is 4.98 Å². The molecule has 0 aliphatic carbocycles. The van der Waals surface area contributed by atoms with E-state index in [9.17, 15) is 9.59 Å². The first-order valence-electron chi connectivity index (χ1n) is 6.95. The summed E-state index contributed by atoms with van der Waals surface area (Å²) in [5.41, 5.74) is 8.65. The van der Waals surface area contributed by atoms with E-state index in [2.05, 4.69) is 15.6 Å². The van der Waals surface area contributed by atoms with Gasteiger partial charge in [-0.3, -0.25) is 9.59 Å². The Bertz CT molecular complexity index is 747. The van der Waals surface area contributed by atoms with E-state index >= 15 is 0 Å². The fraction of sp³-hybridized carbons (Fsp3) is 0.267. The molecule has 1 atom stereocenters. The predicted octanol–water partition coefficient (Wildman–Crippen LogP) is 2.01. The molecule has 0 spiro atoms. The average molecular weight is 353 g/mol. The first-order valence-corrected chi connectivity index (χ1v) is 7.83. The van der Waals surface area contributed by atoms with Crippen LogP contribution in [-0.4, -0.2) is 16.8 Å². The van der Waals surface area contributed by atoms with E-state index in [1.807, 2.05) is 25.1 Å². The Balaban J connectivity index is 0.00000192. The van der Waals surface area contributed by atoms with E-state index < -0.39 is 0 Å². The number of thiazole rings is 1. The predicted molar refractivity (Wildman–Crippen MR) is 91.9 cm³/mol. The Hall–Kier alpha value is -1.96. The van der Waals surface area contributed by atoms with Gasteiger partial charge in [0.1, 0.15) is 10.7 Å². The summed E-state index contributed by atoms with van der Waals surface area (Å²) in [6, 6.07) is 5.55. The first kappa shape index (κ1) is 17.4. The lowest BCUT2D eigenvalue weighted by molar-refractivity contribution is -0.115. The molecule has 0 fully saturated rings. The van der Waals surface area contributed by atoms with Crippen molar-refractivity contribution in [2.45, 2.75) is 25.9 Å². The second kappa shape index (κ2) is 7.08. The number of fused-ring (bicyclic) bond motifs is 1. The zero-order chi connectivity index (χ0) is 15.7. The Morgan fingerprint density at radius 3 is 3.00 bits per heavy atom. The summed E-state index contributed by atoms with van der Waals surface area (Å²) >= 11 is 1.37. The number of hydrogen-bond acceptors (Lipinski definition) is 5. The van der Waals surface area contributed by atoms with Gasteiger partial charge in [-0.1, -0.05) is 12.1 Å². The highest BCUT2D eigenvalue weighted by Crippen LogP contribution is 2.26. The van der Waals surface area contributed by atoms with Gasteiger partial charge in [-0.05, 0) is 24.1 Å². The maximum Gasteiger partial charge on any atom is 0.271 e. The molecule has 0 radical (unpaired) electrons. The number of benzene rings is 1. The molecule has 8 heteroatoms. The number of carbonyl (C=O) groups excluding carboxylic acids is 2. The number of carbonyl (C=O) groups is 2. The van der Waals surface area contributed by atoms with E-state index in [0.29, 0.717) is 18.7 Å². The molecular weight excluding hydrogens is 336 g/mol. The third-order valence-electron chi connectivity index (χ3n) is 3.56. The minimum atomic E-state index is -0.224. The van der Waals surface area contributed by atoms with Crippen LogP contribution in [0.3, 0.4) is 0 Å². The van der Waals surface area contributed by atoms with Crippen molar-refractivity contribution in [2.75, 3.05) is 5.32 Å². The second-order valence-electron chi connectivity index (χ2n) is 5.17. The van der Waals surface area contributed by atoms with Gasteiger partial charge in [0.15, 0.2) is 0 Å². The minimum absolute atomic E-state index is 0. The lowest BCUT2D eigenvalue weighted by Crippen LogP contribution is -2.27. The number of nitrogens with one attached hydrogen (secondary N) is 2. The van der Waals surface area contributed by atoms with Crippen LogP contribution in [0.4, 0.5) is 5.69 Å². The number of amides is 2. The van der Waals surface area contributed by atoms with Crippen LogP contribution in [-0.2, 0) is 17.8 Å². The van der Waals surface area contributed by atoms with Crippen molar-refractivity contribution in [3.05, 3.63) is 45.4 Å². The van der Waals surface area contributed by atoms with Crippen LogP contribution >= 0.6 is 23.7 Å². The van der Waals surface area contributed by atoms with E-state index in [-0.39, 0.29) is 30.3 Å². The highest BCUT2D eigenvalue weighted by Gasteiger charge is 2.20. The topological polar surface area (TPSA) is 97.1 Å². The maximum absolute atomic E-state index is 12.2. The smallest absolute Gasteiger partial charge is 0.271 e. The Morgan fingerprint density at radius 1 is 1.52 bits per heavy atom. The monoisotopic (exact) mass is 352 g/mol. The summed E-state index contributed by atoms with van der Waals surface area (Å²) in [6.07, 6.45) is 0.385. The zero-order valence-electron chi connectivity index (χ0n) is 12.5. The fourth-order valence-corrected chi connectivity index (χ4v) is 3.04. The lowest BCUT2D eigenvalue weighted by atomic mass is 10.0. The molecule has 6 nitrogen and oxygen atoms in total. The largest absolute Gasteiger partial charge is 0.344 e. The zero-order valence-corrected chi connectivity index (χ0v) is 14.1. The van der Waals surface area contributed by atoms with Crippen LogP contribution < -0.4 is 16.4 Å². The minimum Gasteiger partial charge on any atom is -0.344 e. The molecule has 2 heterocycles. The molecule has 1 aliphatic rings. The number of hydrogen-bond donors (Lipinski definition) is 3. The number of nitrogens with two attached hydrogens (primary N) is 1. The van der Waals surface area contributed by atoms with Crippen molar-refractivity contribution in [3.8, 4) is 0 Å². The van der Waals surface area contributed by atoms with Gasteiger partial charge < -0.3 is 16.4 Å². The molecule has 1 aliphatic heterocycles. The molecule has 2 aromatic rings. The molecule has 1 unspecified atom stereocenters. The normalized spacial score (nSPS) is 13.7. The molecule has 122 valence electrons. The van der Waals surface area contributed by atoms with Gasteiger partial charge in [-0.15, -0.1) is 23.7 Å². The first-order chi connectivity index (χ1) is 10.6. The van der Waals surface area contributed by atoms with Gasteiger partial charge in [0.05, 0.1) is 12.5 Å². The van der Waals surface area contributed by atoms with Gasteiger partial charge in [0.25, 0.3) is 5.91 Å². The van der Waals surface area contributed by atoms with Crippen molar-refractivity contribution >= 4 is 41.2 Å². The Morgan fingerprint density at radius 2 is 2.30 bits per heavy atom. The standard InChI is InChI=1S/C15H16N4O2S.ClH/c1-8(17-15(21)12-7-22-14(6-16)19-12)9-2-3-11-10(4-9)5-13(20)18-11;/h2-4,7-8H,5-6,16H2,1H3,(H,17,21)(H,18,20);1H. The summed E-state index contributed by atoms with van der Waals surface area (Å²) in [5.74, 6) is -0.223. The molecular formula is C15H17ClN4O2S. The SMILES string of the molecule is CC(NC(=O)c1csc(CN)n1)c1ccc2c(c1)CC(=O)N2.Cl. The highest BCUT2D eigenvalue weighted by atomic mass is 35.5. The Labute approximate surface area is 143 Å². The highest BCUT2D eigenvalue weighted by molar-refractivity contribution is 7.09. The van der Waals surface area contributed by atoms with E-state index in [4.69, 9.17) is 5.73 Å². The van der Waals surface area contributed by atoms with Crippen molar-refractivity contribution in [1.82, 2.24) is 10.3 Å². The number of halogens is 1. The van der Waals surface area contributed by atoms with Crippen LogP contribution in [0.1, 0.15) is 39.6 Å². The molecule has 4 N–H and O–H groups in total. The maximum atomic E-state index is 12.2. The summed E-state index contributed by atoms with van der Waals surface area (Å²) < 4.78 is 0. The lowest BCUT2D eigenvalue weighted by Gasteiger charge is -2.14. The van der Waals surface area contributed by atoms with E-state index in [0.717, 1.165) is 21.8 Å². The molecule has 3 rings (SSSR count). The van der Waals surface area contributed by atoms with Gasteiger partial charge in [0.2, 0.25) is 5.91 Å². The second-order valence-corrected chi connectivity index (χ2v) is 6.11.